The van der Waals surface area contributed by atoms with E-state index in [0.717, 1.165) is 44.0 Å². The highest BCUT2D eigenvalue weighted by atomic mass is 16.5. The van der Waals surface area contributed by atoms with Crippen molar-refractivity contribution < 1.29 is 9.47 Å². The number of aromatic amines is 1. The Bertz CT molecular complexity index is 1090. The Kier molecular flexibility index (Phi) is 6.38. The second kappa shape index (κ2) is 9.36. The van der Waals surface area contributed by atoms with Crippen molar-refractivity contribution in [2.45, 2.75) is 20.0 Å². The number of methoxy groups -OCH3 is 2. The molecule has 1 aromatic carbocycles. The second-order valence-electron chi connectivity index (χ2n) is 7.55. The standard InChI is InChI=1S/C21H29N7O3/c1-4-26-7-9-27(10-8-26)14-16-12-19(29)28-21(23-16)24-20(25-28)22-13-15-5-6-17(30-2)18(11-15)31-3/h5-6,11-12H,4,7-10,13-14H2,1-3H3,(H2,22,23,24,25). The number of benzene rings is 1. The summed E-state index contributed by atoms with van der Waals surface area (Å²) in [6.07, 6.45) is 0. The number of ether oxygens (including phenoxy) is 2. The zero-order valence-electron chi connectivity index (χ0n) is 18.2. The van der Waals surface area contributed by atoms with Crippen LogP contribution in [0.15, 0.2) is 29.1 Å². The summed E-state index contributed by atoms with van der Waals surface area (Å²) in [7, 11) is 3.21. The molecule has 166 valence electrons. The lowest BCUT2D eigenvalue weighted by Crippen LogP contribution is -2.45. The minimum atomic E-state index is -0.168. The van der Waals surface area contributed by atoms with Crippen LogP contribution in [0.4, 0.5) is 5.95 Å². The van der Waals surface area contributed by atoms with Crippen LogP contribution in [0, 0.1) is 0 Å². The zero-order chi connectivity index (χ0) is 21.8. The van der Waals surface area contributed by atoms with Gasteiger partial charge in [-0.3, -0.25) is 14.8 Å². The van der Waals surface area contributed by atoms with Gasteiger partial charge >= 0.3 is 0 Å². The number of piperazine rings is 1. The van der Waals surface area contributed by atoms with Gasteiger partial charge in [0.15, 0.2) is 11.5 Å². The summed E-state index contributed by atoms with van der Waals surface area (Å²) in [5.41, 5.74) is 1.57. The van der Waals surface area contributed by atoms with E-state index in [4.69, 9.17) is 9.47 Å². The van der Waals surface area contributed by atoms with Gasteiger partial charge in [0.05, 0.1) is 19.9 Å². The number of hydrogen-bond acceptors (Lipinski definition) is 8. The highest BCUT2D eigenvalue weighted by molar-refractivity contribution is 5.44. The molecule has 0 bridgehead atoms. The minimum absolute atomic E-state index is 0.168. The van der Waals surface area contributed by atoms with E-state index in [-0.39, 0.29) is 5.56 Å². The molecule has 3 heterocycles. The normalized spacial score (nSPS) is 15.3. The maximum absolute atomic E-state index is 12.5. The van der Waals surface area contributed by atoms with Gasteiger partial charge in [-0.25, -0.2) is 4.98 Å². The lowest BCUT2D eigenvalue weighted by molar-refractivity contribution is 0.131. The smallest absolute Gasteiger partial charge is 0.274 e. The topological polar surface area (TPSA) is 100 Å². The number of nitrogens with one attached hydrogen (secondary N) is 2. The predicted octanol–water partition coefficient (Wildman–Crippen LogP) is 1.18. The number of likely N-dealkylation sites (N-methyl/N-ethyl adjacent to an activating group) is 1. The molecular weight excluding hydrogens is 398 g/mol. The molecule has 0 atom stereocenters. The van der Waals surface area contributed by atoms with Gasteiger partial charge in [0.1, 0.15) is 0 Å². The first-order valence-electron chi connectivity index (χ1n) is 10.5. The van der Waals surface area contributed by atoms with Gasteiger partial charge in [0, 0.05) is 45.3 Å². The SMILES string of the molecule is CCN1CCN(Cc2cc(=O)n3[nH]c(NCc4ccc(OC)c(OC)c4)nc3n2)CC1. The van der Waals surface area contributed by atoms with E-state index in [2.05, 4.69) is 37.1 Å². The van der Waals surface area contributed by atoms with Crippen molar-refractivity contribution in [1.29, 1.82) is 0 Å². The van der Waals surface area contributed by atoms with Crippen LogP contribution >= 0.6 is 0 Å². The third-order valence-electron chi connectivity index (χ3n) is 5.59. The lowest BCUT2D eigenvalue weighted by Gasteiger charge is -2.33. The van der Waals surface area contributed by atoms with Crippen molar-refractivity contribution in [3.05, 3.63) is 45.9 Å². The van der Waals surface area contributed by atoms with E-state index in [1.165, 1.54) is 4.52 Å². The van der Waals surface area contributed by atoms with Crippen molar-refractivity contribution in [3.8, 4) is 11.5 Å². The molecule has 4 rings (SSSR count). The molecule has 0 aliphatic carbocycles. The molecule has 0 spiro atoms. The molecule has 31 heavy (non-hydrogen) atoms. The number of anilines is 1. The first-order valence-corrected chi connectivity index (χ1v) is 10.5. The van der Waals surface area contributed by atoms with Crippen LogP contribution in [-0.2, 0) is 13.1 Å². The summed E-state index contributed by atoms with van der Waals surface area (Å²) >= 11 is 0. The molecule has 1 aliphatic heterocycles. The molecule has 0 saturated carbocycles. The molecule has 10 heteroatoms. The molecule has 0 unspecified atom stereocenters. The number of H-pyrrole nitrogens is 1. The van der Waals surface area contributed by atoms with Gasteiger partial charge in [-0.15, -0.1) is 0 Å². The van der Waals surface area contributed by atoms with Crippen LogP contribution < -0.4 is 20.3 Å². The summed E-state index contributed by atoms with van der Waals surface area (Å²) < 4.78 is 12.0. The van der Waals surface area contributed by atoms with E-state index >= 15 is 0 Å². The van der Waals surface area contributed by atoms with Gasteiger partial charge in [0.2, 0.25) is 5.95 Å². The minimum Gasteiger partial charge on any atom is -0.493 e. The highest BCUT2D eigenvalue weighted by Gasteiger charge is 2.17. The van der Waals surface area contributed by atoms with Crippen molar-refractivity contribution in [1.82, 2.24) is 29.4 Å². The molecule has 2 N–H and O–H groups in total. The third kappa shape index (κ3) is 4.80. The maximum Gasteiger partial charge on any atom is 0.274 e. The Balaban J connectivity index is 1.44. The fraction of sp³-hybridized carbons (Fsp3) is 0.476. The predicted molar refractivity (Wildman–Crippen MR) is 118 cm³/mol. The molecule has 3 aromatic rings. The molecule has 1 aliphatic rings. The summed E-state index contributed by atoms with van der Waals surface area (Å²) in [5, 5.41) is 6.17. The first kappa shape index (κ1) is 21.1. The Morgan fingerprint density at radius 3 is 2.48 bits per heavy atom. The first-order chi connectivity index (χ1) is 15.1. The molecule has 2 aromatic heterocycles. The van der Waals surface area contributed by atoms with Gasteiger partial charge in [0.25, 0.3) is 11.3 Å². The van der Waals surface area contributed by atoms with Crippen molar-refractivity contribution in [2.24, 2.45) is 0 Å². The van der Waals surface area contributed by atoms with E-state index in [1.807, 2.05) is 18.2 Å². The van der Waals surface area contributed by atoms with Crippen molar-refractivity contribution in [2.75, 3.05) is 52.3 Å². The summed E-state index contributed by atoms with van der Waals surface area (Å²) in [6.45, 7) is 8.47. The number of aromatic nitrogens is 4. The van der Waals surface area contributed by atoms with Crippen molar-refractivity contribution in [3.63, 3.8) is 0 Å². The number of nitrogens with zero attached hydrogens (tertiary/aromatic N) is 5. The monoisotopic (exact) mass is 427 g/mol. The van der Waals surface area contributed by atoms with Gasteiger partial charge in [-0.1, -0.05) is 13.0 Å². The number of rotatable bonds is 8. The molecule has 0 amide bonds. The van der Waals surface area contributed by atoms with E-state index in [1.54, 1.807) is 20.3 Å². The van der Waals surface area contributed by atoms with Crippen LogP contribution in [-0.4, -0.2) is 76.3 Å². The summed E-state index contributed by atoms with van der Waals surface area (Å²) in [6, 6.07) is 7.27. The van der Waals surface area contributed by atoms with E-state index in [9.17, 15) is 4.79 Å². The fourth-order valence-electron chi connectivity index (χ4n) is 3.76. The molecule has 10 nitrogen and oxygen atoms in total. The zero-order valence-corrected chi connectivity index (χ0v) is 18.2. The molecule has 1 saturated heterocycles. The van der Waals surface area contributed by atoms with Crippen molar-refractivity contribution >= 4 is 11.7 Å². The van der Waals surface area contributed by atoms with Gasteiger partial charge in [-0.2, -0.15) is 9.50 Å². The average Bonchev–Trinajstić information content (AvgIpc) is 3.21. The van der Waals surface area contributed by atoms with Crippen LogP contribution in [0.3, 0.4) is 0 Å². The van der Waals surface area contributed by atoms with E-state index < -0.39 is 0 Å². The highest BCUT2D eigenvalue weighted by Crippen LogP contribution is 2.27. The van der Waals surface area contributed by atoms with Crippen LogP contribution in [0.5, 0.6) is 11.5 Å². The lowest BCUT2D eigenvalue weighted by atomic mass is 10.2. The van der Waals surface area contributed by atoms with Crippen LogP contribution in [0.1, 0.15) is 18.2 Å². The summed E-state index contributed by atoms with van der Waals surface area (Å²) in [5.74, 6) is 2.18. The van der Waals surface area contributed by atoms with Gasteiger partial charge < -0.3 is 19.7 Å². The van der Waals surface area contributed by atoms with Gasteiger partial charge in [-0.05, 0) is 24.2 Å². The number of hydrogen-bond donors (Lipinski definition) is 2. The van der Waals surface area contributed by atoms with Crippen LogP contribution in [0.2, 0.25) is 0 Å². The number of fused-ring (bicyclic) bond motifs is 1. The van der Waals surface area contributed by atoms with Crippen LogP contribution in [0.25, 0.3) is 5.78 Å². The Morgan fingerprint density at radius 1 is 1.03 bits per heavy atom. The maximum atomic E-state index is 12.5. The Labute approximate surface area is 180 Å². The van der Waals surface area contributed by atoms with E-state index in [0.29, 0.717) is 36.3 Å². The second-order valence-corrected chi connectivity index (χ2v) is 7.55. The Morgan fingerprint density at radius 2 is 1.77 bits per heavy atom. The molecule has 0 radical (unpaired) electrons. The quantitative estimate of drug-likeness (QED) is 0.553. The molecule has 1 fully saturated rings. The molecular formula is C21H29N7O3. The fourth-order valence-corrected chi connectivity index (χ4v) is 3.76. The summed E-state index contributed by atoms with van der Waals surface area (Å²) in [4.78, 5) is 26.3. The largest absolute Gasteiger partial charge is 0.493 e. The average molecular weight is 428 g/mol. The third-order valence-corrected chi connectivity index (χ3v) is 5.59. The Hall–Kier alpha value is -3.11.